The van der Waals surface area contributed by atoms with Gasteiger partial charge in [0.05, 0.1) is 6.54 Å². The van der Waals surface area contributed by atoms with Crippen LogP contribution in [-0.4, -0.2) is 22.5 Å². The normalized spacial score (nSPS) is 10.1. The van der Waals surface area contributed by atoms with Crippen LogP contribution in [0.3, 0.4) is 0 Å². The molecule has 0 spiro atoms. The Hall–Kier alpha value is -2.49. The Bertz CT molecular complexity index is 567. The van der Waals surface area contributed by atoms with Gasteiger partial charge in [-0.2, -0.15) is 0 Å². The Balaban J connectivity index is 1.93. The molecule has 0 radical (unpaired) electrons. The third-order valence-electron chi connectivity index (χ3n) is 2.71. The predicted molar refractivity (Wildman–Crippen MR) is 73.4 cm³/mol. The minimum Gasteiger partial charge on any atom is -0.508 e. The monoisotopic (exact) mass is 257 g/mol. The second kappa shape index (κ2) is 5.91. The van der Waals surface area contributed by atoms with E-state index in [2.05, 4.69) is 5.32 Å². The average molecular weight is 257 g/mol. The highest BCUT2D eigenvalue weighted by Crippen LogP contribution is 2.22. The molecule has 0 aromatic heterocycles. The third kappa shape index (κ3) is 3.74. The van der Waals surface area contributed by atoms with Gasteiger partial charge in [0.15, 0.2) is 5.78 Å². The Morgan fingerprint density at radius 1 is 1.05 bits per heavy atom. The topological polar surface area (TPSA) is 69.6 Å². The summed E-state index contributed by atoms with van der Waals surface area (Å²) in [6, 6.07) is 13.6. The standard InChI is InChI=1S/C15H15NO3/c17-13-6-7-15(19)11(8-13)9-14(18)10-16-12-4-2-1-3-5-12/h1-8,16-17,19H,9-10H2. The molecule has 0 saturated carbocycles. The smallest absolute Gasteiger partial charge is 0.156 e. The van der Waals surface area contributed by atoms with E-state index >= 15 is 0 Å². The van der Waals surface area contributed by atoms with Crippen molar-refractivity contribution in [2.45, 2.75) is 6.42 Å². The molecule has 0 heterocycles. The minimum absolute atomic E-state index is 0.0193. The quantitative estimate of drug-likeness (QED) is 0.719. The number of rotatable bonds is 5. The van der Waals surface area contributed by atoms with Gasteiger partial charge in [0, 0.05) is 17.7 Å². The molecule has 0 bridgehead atoms. The molecule has 0 aliphatic rings. The van der Waals surface area contributed by atoms with E-state index in [1.54, 1.807) is 0 Å². The molecular formula is C15H15NO3. The van der Waals surface area contributed by atoms with E-state index in [0.717, 1.165) is 5.69 Å². The number of aromatic hydroxyl groups is 2. The summed E-state index contributed by atoms with van der Waals surface area (Å²) in [6.45, 7) is 0.180. The van der Waals surface area contributed by atoms with E-state index in [9.17, 15) is 15.0 Å². The summed E-state index contributed by atoms with van der Waals surface area (Å²) in [6.07, 6.45) is 0.0834. The first-order chi connectivity index (χ1) is 9.15. The van der Waals surface area contributed by atoms with Crippen LogP contribution in [0.2, 0.25) is 0 Å². The maximum Gasteiger partial charge on any atom is 0.156 e. The van der Waals surface area contributed by atoms with Crippen LogP contribution in [-0.2, 0) is 11.2 Å². The molecule has 19 heavy (non-hydrogen) atoms. The number of nitrogens with one attached hydrogen (secondary N) is 1. The van der Waals surface area contributed by atoms with Gasteiger partial charge in [0.25, 0.3) is 0 Å². The second-order valence-corrected chi connectivity index (χ2v) is 4.25. The lowest BCUT2D eigenvalue weighted by molar-refractivity contribution is -0.116. The number of carbonyl (C=O) groups excluding carboxylic acids is 1. The van der Waals surface area contributed by atoms with Crippen LogP contribution in [0.15, 0.2) is 48.5 Å². The zero-order valence-electron chi connectivity index (χ0n) is 10.3. The Labute approximate surface area is 111 Å². The van der Waals surface area contributed by atoms with Gasteiger partial charge in [-0.15, -0.1) is 0 Å². The molecule has 0 atom stereocenters. The first-order valence-corrected chi connectivity index (χ1v) is 5.96. The van der Waals surface area contributed by atoms with E-state index < -0.39 is 0 Å². The zero-order chi connectivity index (χ0) is 13.7. The van der Waals surface area contributed by atoms with Crippen molar-refractivity contribution < 1.29 is 15.0 Å². The van der Waals surface area contributed by atoms with Gasteiger partial charge in [-0.3, -0.25) is 4.79 Å². The molecule has 4 heteroatoms. The maximum atomic E-state index is 11.8. The van der Waals surface area contributed by atoms with E-state index in [-0.39, 0.29) is 30.2 Å². The zero-order valence-corrected chi connectivity index (χ0v) is 10.3. The molecule has 0 fully saturated rings. The lowest BCUT2D eigenvalue weighted by Gasteiger charge is -2.07. The molecular weight excluding hydrogens is 242 g/mol. The first kappa shape index (κ1) is 13.0. The summed E-state index contributed by atoms with van der Waals surface area (Å²) >= 11 is 0. The maximum absolute atomic E-state index is 11.8. The second-order valence-electron chi connectivity index (χ2n) is 4.25. The van der Waals surface area contributed by atoms with Crippen LogP contribution in [0.1, 0.15) is 5.56 Å². The summed E-state index contributed by atoms with van der Waals surface area (Å²) in [7, 11) is 0. The fraction of sp³-hybridized carbons (Fsp3) is 0.133. The SMILES string of the molecule is O=C(CNc1ccccc1)Cc1cc(O)ccc1O. The highest BCUT2D eigenvalue weighted by Gasteiger charge is 2.08. The van der Waals surface area contributed by atoms with Crippen LogP contribution in [0.25, 0.3) is 0 Å². The van der Waals surface area contributed by atoms with Gasteiger partial charge >= 0.3 is 0 Å². The van der Waals surface area contributed by atoms with E-state index in [1.165, 1.54) is 18.2 Å². The number of hydrogen-bond donors (Lipinski definition) is 3. The van der Waals surface area contributed by atoms with Crippen LogP contribution >= 0.6 is 0 Å². The van der Waals surface area contributed by atoms with Gasteiger partial charge in [-0.1, -0.05) is 18.2 Å². The number of benzene rings is 2. The number of ketones is 1. The van der Waals surface area contributed by atoms with Crippen LogP contribution in [0.5, 0.6) is 11.5 Å². The molecule has 0 unspecified atom stereocenters. The van der Waals surface area contributed by atoms with Crippen molar-refractivity contribution in [3.05, 3.63) is 54.1 Å². The molecule has 2 rings (SSSR count). The minimum atomic E-state index is -0.0650. The summed E-state index contributed by atoms with van der Waals surface area (Å²) in [5, 5.41) is 21.9. The van der Waals surface area contributed by atoms with Gasteiger partial charge in [0.1, 0.15) is 11.5 Å². The average Bonchev–Trinajstić information content (AvgIpc) is 2.42. The van der Waals surface area contributed by atoms with E-state index in [4.69, 9.17) is 0 Å². The molecule has 0 aliphatic heterocycles. The molecule has 0 aliphatic carbocycles. The summed E-state index contributed by atoms with van der Waals surface area (Å²) in [5.41, 5.74) is 1.30. The highest BCUT2D eigenvalue weighted by molar-refractivity contribution is 5.85. The van der Waals surface area contributed by atoms with Crippen molar-refractivity contribution in [3.8, 4) is 11.5 Å². The number of para-hydroxylation sites is 1. The van der Waals surface area contributed by atoms with Crippen molar-refractivity contribution in [2.75, 3.05) is 11.9 Å². The van der Waals surface area contributed by atoms with Crippen molar-refractivity contribution >= 4 is 11.5 Å². The summed E-state index contributed by atoms with van der Waals surface area (Å²) in [4.78, 5) is 11.8. The number of phenols is 2. The number of carbonyl (C=O) groups is 1. The Kier molecular flexibility index (Phi) is 4.03. The fourth-order valence-electron chi connectivity index (χ4n) is 1.75. The van der Waals surface area contributed by atoms with E-state index in [0.29, 0.717) is 5.56 Å². The van der Waals surface area contributed by atoms with Gasteiger partial charge < -0.3 is 15.5 Å². The lowest BCUT2D eigenvalue weighted by atomic mass is 10.1. The lowest BCUT2D eigenvalue weighted by Crippen LogP contribution is -2.15. The largest absolute Gasteiger partial charge is 0.508 e. The first-order valence-electron chi connectivity index (χ1n) is 5.96. The third-order valence-corrected chi connectivity index (χ3v) is 2.71. The molecule has 3 N–H and O–H groups in total. The van der Waals surface area contributed by atoms with Gasteiger partial charge in [0.2, 0.25) is 0 Å². The predicted octanol–water partition coefficient (Wildman–Crippen LogP) is 2.32. The number of anilines is 1. The molecule has 2 aromatic rings. The Morgan fingerprint density at radius 2 is 1.79 bits per heavy atom. The fourth-order valence-corrected chi connectivity index (χ4v) is 1.75. The summed E-state index contributed by atoms with van der Waals surface area (Å²) < 4.78 is 0. The van der Waals surface area contributed by atoms with E-state index in [1.807, 2.05) is 30.3 Å². The van der Waals surface area contributed by atoms with Crippen molar-refractivity contribution in [2.24, 2.45) is 0 Å². The molecule has 98 valence electrons. The number of Topliss-reactive ketones (excluding diaryl/α,β-unsaturated/α-hetero) is 1. The molecule has 0 amide bonds. The Morgan fingerprint density at radius 3 is 2.53 bits per heavy atom. The number of phenolic OH excluding ortho intramolecular Hbond substituents is 2. The van der Waals surface area contributed by atoms with Crippen molar-refractivity contribution in [3.63, 3.8) is 0 Å². The molecule has 4 nitrogen and oxygen atoms in total. The van der Waals surface area contributed by atoms with Crippen LogP contribution < -0.4 is 5.32 Å². The van der Waals surface area contributed by atoms with Gasteiger partial charge in [-0.25, -0.2) is 0 Å². The highest BCUT2D eigenvalue weighted by atomic mass is 16.3. The van der Waals surface area contributed by atoms with Crippen LogP contribution in [0, 0.1) is 0 Å². The molecule has 2 aromatic carbocycles. The number of hydrogen-bond acceptors (Lipinski definition) is 4. The summed E-state index contributed by atoms with van der Waals surface area (Å²) in [5.74, 6) is -0.00719. The van der Waals surface area contributed by atoms with Crippen molar-refractivity contribution in [1.29, 1.82) is 0 Å². The van der Waals surface area contributed by atoms with Crippen LogP contribution in [0.4, 0.5) is 5.69 Å². The van der Waals surface area contributed by atoms with Crippen molar-refractivity contribution in [1.82, 2.24) is 0 Å². The molecule has 0 saturated heterocycles. The van der Waals surface area contributed by atoms with Gasteiger partial charge in [-0.05, 0) is 30.3 Å².